The molecule has 1 saturated heterocycles. The van der Waals surface area contributed by atoms with Crippen LogP contribution >= 0.6 is 34.9 Å². The van der Waals surface area contributed by atoms with Crippen LogP contribution in [0.5, 0.6) is 0 Å². The standard InChI is InChI=1S/C17H16N6O6S3/c1-28-22-9(8-6-31-16(18)20-8)12(24)21-10-13(25)23-11(15(26)27)7(4-30-14(10)23)5-32-17-19-2-3-29-17/h2-3,6,10,14H,4-5H2,1H3,(H2,18,20)(H,21,24)(H,26,27)/t10-,14+/m1/s1. The number of hydrogen-bond donors (Lipinski definition) is 3. The Morgan fingerprint density at radius 1 is 1.53 bits per heavy atom. The maximum atomic E-state index is 12.8. The molecule has 2 aromatic heterocycles. The third-order valence-electron chi connectivity index (χ3n) is 4.48. The minimum Gasteiger partial charge on any atom is -0.477 e. The summed E-state index contributed by atoms with van der Waals surface area (Å²) >= 11 is 3.72. The number of nitrogens with one attached hydrogen (secondary N) is 1. The van der Waals surface area contributed by atoms with Gasteiger partial charge in [-0.25, -0.2) is 14.8 Å². The summed E-state index contributed by atoms with van der Waals surface area (Å²) in [6.45, 7) is 0. The number of hydrogen-bond acceptors (Lipinski definition) is 12. The van der Waals surface area contributed by atoms with E-state index in [1.54, 1.807) is 5.38 Å². The maximum absolute atomic E-state index is 12.8. The third kappa shape index (κ3) is 4.18. The van der Waals surface area contributed by atoms with E-state index in [0.29, 0.717) is 22.3 Å². The summed E-state index contributed by atoms with van der Waals surface area (Å²) < 4.78 is 5.16. The number of nitrogens with zero attached hydrogens (tertiary/aromatic N) is 4. The second-order valence-corrected chi connectivity index (χ2v) is 9.32. The molecule has 2 aromatic rings. The zero-order chi connectivity index (χ0) is 22.8. The number of oxazole rings is 1. The van der Waals surface area contributed by atoms with Gasteiger partial charge in [0.25, 0.3) is 17.0 Å². The van der Waals surface area contributed by atoms with Gasteiger partial charge in [0.05, 0.1) is 6.20 Å². The molecule has 2 atom stereocenters. The van der Waals surface area contributed by atoms with Crippen molar-refractivity contribution in [3.05, 3.63) is 34.8 Å². The van der Waals surface area contributed by atoms with Crippen LogP contribution in [0, 0.1) is 0 Å². The summed E-state index contributed by atoms with van der Waals surface area (Å²) in [5, 5.41) is 17.7. The second-order valence-electron chi connectivity index (χ2n) is 6.40. The summed E-state index contributed by atoms with van der Waals surface area (Å²) in [7, 11) is 1.28. The Hall–Kier alpha value is -3.04. The minimum absolute atomic E-state index is 0.0821. The highest BCUT2D eigenvalue weighted by Crippen LogP contribution is 2.41. The van der Waals surface area contributed by atoms with Crippen molar-refractivity contribution >= 4 is 63.5 Å². The highest BCUT2D eigenvalue weighted by Gasteiger charge is 2.54. The second kappa shape index (κ2) is 9.22. The molecule has 0 spiro atoms. The lowest BCUT2D eigenvalue weighted by atomic mass is 10.0. The van der Waals surface area contributed by atoms with Gasteiger partial charge in [0.15, 0.2) is 10.8 Å². The maximum Gasteiger partial charge on any atom is 0.352 e. The molecule has 0 aromatic carbocycles. The highest BCUT2D eigenvalue weighted by atomic mass is 32.2. The number of carboxylic acids is 1. The molecule has 2 aliphatic heterocycles. The number of thiazole rings is 1. The van der Waals surface area contributed by atoms with E-state index in [1.807, 2.05) is 0 Å². The van der Waals surface area contributed by atoms with Crippen molar-refractivity contribution in [1.82, 2.24) is 20.2 Å². The number of nitrogen functional groups attached to an aromatic ring is 1. The summed E-state index contributed by atoms with van der Waals surface area (Å²) in [6.07, 6.45) is 2.92. The summed E-state index contributed by atoms with van der Waals surface area (Å²) in [5.74, 6) is -1.74. The largest absolute Gasteiger partial charge is 0.477 e. The van der Waals surface area contributed by atoms with Crippen molar-refractivity contribution in [2.45, 2.75) is 16.6 Å². The van der Waals surface area contributed by atoms with E-state index in [9.17, 15) is 19.5 Å². The molecule has 12 nitrogen and oxygen atoms in total. The molecule has 0 aliphatic carbocycles. The zero-order valence-corrected chi connectivity index (χ0v) is 18.8. The average Bonchev–Trinajstić information content (AvgIpc) is 3.45. The van der Waals surface area contributed by atoms with E-state index in [2.05, 4.69) is 20.4 Å². The van der Waals surface area contributed by atoms with Crippen molar-refractivity contribution < 1.29 is 28.7 Å². The lowest BCUT2D eigenvalue weighted by molar-refractivity contribution is -0.150. The van der Waals surface area contributed by atoms with E-state index >= 15 is 0 Å². The Morgan fingerprint density at radius 2 is 2.34 bits per heavy atom. The Bertz CT molecular complexity index is 1110. The first-order valence-corrected chi connectivity index (χ1v) is 11.9. The number of amides is 2. The smallest absolute Gasteiger partial charge is 0.352 e. The van der Waals surface area contributed by atoms with Crippen LogP contribution in [0.4, 0.5) is 5.13 Å². The third-order valence-corrected chi connectivity index (χ3v) is 7.43. The molecular formula is C17H16N6O6S3. The van der Waals surface area contributed by atoms with Gasteiger partial charge in [0.1, 0.15) is 36.2 Å². The molecular weight excluding hydrogens is 480 g/mol. The number of aromatic nitrogens is 2. The number of carboxylic acid groups (broad SMARTS) is 1. The molecule has 0 unspecified atom stereocenters. The van der Waals surface area contributed by atoms with Crippen LogP contribution in [0.15, 0.2) is 43.9 Å². The monoisotopic (exact) mass is 496 g/mol. The first-order valence-electron chi connectivity index (χ1n) is 8.96. The number of carbonyl (C=O) groups is 3. The molecule has 2 aliphatic rings. The predicted molar refractivity (Wildman–Crippen MR) is 117 cm³/mol. The molecule has 0 radical (unpaired) electrons. The Kier molecular flexibility index (Phi) is 6.38. The van der Waals surface area contributed by atoms with Gasteiger partial charge >= 0.3 is 5.97 Å². The molecule has 4 heterocycles. The van der Waals surface area contributed by atoms with Crippen LogP contribution in [0.25, 0.3) is 0 Å². The van der Waals surface area contributed by atoms with E-state index in [4.69, 9.17) is 15.0 Å². The van der Waals surface area contributed by atoms with Gasteiger partial charge in [-0.15, -0.1) is 23.1 Å². The van der Waals surface area contributed by atoms with Gasteiger partial charge in [0.2, 0.25) is 0 Å². The van der Waals surface area contributed by atoms with Crippen LogP contribution in [0.1, 0.15) is 5.69 Å². The first-order chi connectivity index (χ1) is 15.4. The molecule has 32 heavy (non-hydrogen) atoms. The number of thioether (sulfide) groups is 2. The number of β-lactam (4-membered cyclic amide) rings is 1. The van der Waals surface area contributed by atoms with Crippen LogP contribution in [-0.4, -0.2) is 73.5 Å². The fraction of sp³-hybridized carbons (Fsp3) is 0.294. The van der Waals surface area contributed by atoms with E-state index < -0.39 is 29.2 Å². The van der Waals surface area contributed by atoms with Crippen molar-refractivity contribution in [1.29, 1.82) is 0 Å². The van der Waals surface area contributed by atoms with Crippen LogP contribution in [0.3, 0.4) is 0 Å². The Balaban J connectivity index is 1.49. The highest BCUT2D eigenvalue weighted by molar-refractivity contribution is 8.01. The summed E-state index contributed by atoms with van der Waals surface area (Å²) in [4.78, 5) is 51.4. The number of aliphatic carboxylic acids is 1. The molecule has 2 amide bonds. The number of nitrogens with two attached hydrogens (primary N) is 1. The molecule has 0 saturated carbocycles. The van der Waals surface area contributed by atoms with Crippen LogP contribution in [-0.2, 0) is 19.2 Å². The number of fused-ring (bicyclic) bond motifs is 1. The number of carbonyl (C=O) groups excluding carboxylic acids is 2. The van der Waals surface area contributed by atoms with Crippen LogP contribution < -0.4 is 11.1 Å². The zero-order valence-electron chi connectivity index (χ0n) is 16.4. The molecule has 4 rings (SSSR count). The van der Waals surface area contributed by atoms with Gasteiger partial charge in [-0.2, -0.15) is 0 Å². The van der Waals surface area contributed by atoms with E-state index in [0.717, 1.165) is 11.3 Å². The van der Waals surface area contributed by atoms with Gasteiger partial charge < -0.3 is 25.4 Å². The number of rotatable bonds is 8. The summed E-state index contributed by atoms with van der Waals surface area (Å²) in [6, 6.07) is -0.916. The Morgan fingerprint density at radius 3 is 2.97 bits per heavy atom. The molecule has 1 fully saturated rings. The average molecular weight is 497 g/mol. The normalized spacial score (nSPS) is 20.6. The van der Waals surface area contributed by atoms with Gasteiger partial charge in [-0.1, -0.05) is 16.9 Å². The Labute approximate surface area is 193 Å². The minimum atomic E-state index is -1.21. The topological polar surface area (TPSA) is 173 Å². The first kappa shape index (κ1) is 22.2. The molecule has 168 valence electrons. The van der Waals surface area contributed by atoms with Crippen molar-refractivity contribution in [3.8, 4) is 0 Å². The fourth-order valence-electron chi connectivity index (χ4n) is 3.13. The quantitative estimate of drug-likeness (QED) is 0.202. The van der Waals surface area contributed by atoms with Crippen molar-refractivity contribution in [2.24, 2.45) is 5.16 Å². The van der Waals surface area contributed by atoms with Gasteiger partial charge in [-0.3, -0.25) is 14.5 Å². The fourth-order valence-corrected chi connectivity index (χ4v) is 5.95. The van der Waals surface area contributed by atoms with Crippen molar-refractivity contribution in [3.63, 3.8) is 0 Å². The molecule has 4 N–H and O–H groups in total. The van der Waals surface area contributed by atoms with Crippen molar-refractivity contribution in [2.75, 3.05) is 24.3 Å². The predicted octanol–water partition coefficient (Wildman–Crippen LogP) is 0.595. The molecule has 0 bridgehead atoms. The van der Waals surface area contributed by atoms with Gasteiger partial charge in [-0.05, 0) is 5.57 Å². The van der Waals surface area contributed by atoms with E-state index in [-0.39, 0.29) is 22.2 Å². The lowest BCUT2D eigenvalue weighted by Gasteiger charge is -2.49. The van der Waals surface area contributed by atoms with Gasteiger partial charge in [0, 0.05) is 16.9 Å². The molecule has 15 heteroatoms. The number of anilines is 1. The van der Waals surface area contributed by atoms with E-state index in [1.165, 1.54) is 48.0 Å². The summed E-state index contributed by atoms with van der Waals surface area (Å²) in [5.41, 5.74) is 6.18. The number of oxime groups is 1. The SMILES string of the molecule is CON=C(C(=O)N[C@@H]1C(=O)N2C(C(=O)O)=C(CSc3ncco3)CS[C@@H]12)c1csc(N)n1. The van der Waals surface area contributed by atoms with Crippen LogP contribution in [0.2, 0.25) is 0 Å². The lowest BCUT2D eigenvalue weighted by Crippen LogP contribution is -2.71.